The molecule has 2 atom stereocenters. The molecule has 2 unspecified atom stereocenters. The Morgan fingerprint density at radius 1 is 0.650 bits per heavy atom. The molecule has 0 saturated carbocycles. The first-order valence-electron chi connectivity index (χ1n) is 6.10. The first-order chi connectivity index (χ1) is 9.86. The van der Waals surface area contributed by atoms with E-state index in [4.69, 9.17) is 24.4 Å². The number of hydrogen-bond acceptors (Lipinski definition) is 4. The van der Waals surface area contributed by atoms with Crippen molar-refractivity contribution >= 4 is 34.8 Å². The zero-order valence-corrected chi connectivity index (χ0v) is 12.3. The van der Waals surface area contributed by atoms with Crippen molar-refractivity contribution in [2.75, 3.05) is 0 Å². The van der Waals surface area contributed by atoms with Gasteiger partial charge in [0.2, 0.25) is 0 Å². The van der Waals surface area contributed by atoms with Crippen LogP contribution in [0.25, 0.3) is 0 Å². The van der Waals surface area contributed by atoms with Gasteiger partial charge in [-0.2, -0.15) is 0 Å². The summed E-state index contributed by atoms with van der Waals surface area (Å²) in [7, 11) is 0. The van der Waals surface area contributed by atoms with E-state index < -0.39 is 0 Å². The quantitative estimate of drug-likeness (QED) is 0.591. The van der Waals surface area contributed by atoms with Crippen molar-refractivity contribution in [1.82, 2.24) is 0 Å². The Morgan fingerprint density at radius 2 is 1.00 bits per heavy atom. The van der Waals surface area contributed by atoms with Crippen LogP contribution in [-0.4, -0.2) is 10.3 Å². The summed E-state index contributed by atoms with van der Waals surface area (Å²) in [4.78, 5) is 8.55. The van der Waals surface area contributed by atoms with Crippen LogP contribution in [0.4, 0.5) is 0 Å². The highest BCUT2D eigenvalue weighted by molar-refractivity contribution is 7.78. The fourth-order valence-electron chi connectivity index (χ4n) is 2.07. The molecule has 2 nitrogen and oxygen atoms in total. The molecule has 0 heterocycles. The lowest BCUT2D eigenvalue weighted by atomic mass is 9.94. The van der Waals surface area contributed by atoms with Crippen LogP contribution in [0.15, 0.2) is 70.6 Å². The molecule has 4 heteroatoms. The molecule has 0 amide bonds. The van der Waals surface area contributed by atoms with Crippen molar-refractivity contribution in [3.05, 3.63) is 71.8 Å². The zero-order chi connectivity index (χ0) is 14.2. The maximum atomic E-state index is 4.78. The van der Waals surface area contributed by atoms with E-state index in [1.54, 1.807) is 0 Å². The molecule has 0 aromatic heterocycles. The SMILES string of the molecule is S=C=NC(c1ccccc1)C(N=C=S)c1ccccc1. The number of isothiocyanates is 2. The van der Waals surface area contributed by atoms with Crippen LogP contribution in [0.1, 0.15) is 23.2 Å². The monoisotopic (exact) mass is 296 g/mol. The molecule has 0 aliphatic rings. The summed E-state index contributed by atoms with van der Waals surface area (Å²) in [5, 5.41) is 4.92. The Kier molecular flexibility index (Phi) is 5.48. The average molecular weight is 296 g/mol. The van der Waals surface area contributed by atoms with Gasteiger partial charge in [-0.05, 0) is 35.6 Å². The van der Waals surface area contributed by atoms with Gasteiger partial charge in [0, 0.05) is 0 Å². The predicted octanol–water partition coefficient (Wildman–Crippen LogP) is 4.67. The van der Waals surface area contributed by atoms with Crippen LogP contribution in [0.5, 0.6) is 0 Å². The first kappa shape index (κ1) is 14.4. The third kappa shape index (κ3) is 3.53. The van der Waals surface area contributed by atoms with E-state index in [-0.39, 0.29) is 12.1 Å². The molecular formula is C16H12N2S2. The van der Waals surface area contributed by atoms with Crippen LogP contribution in [0.3, 0.4) is 0 Å². The number of nitrogens with zero attached hydrogens (tertiary/aromatic N) is 2. The largest absolute Gasteiger partial charge is 0.222 e. The second-order valence-corrected chi connectivity index (χ2v) is 4.52. The van der Waals surface area contributed by atoms with Gasteiger partial charge in [-0.3, -0.25) is 0 Å². The maximum absolute atomic E-state index is 4.78. The van der Waals surface area contributed by atoms with Gasteiger partial charge in [0.15, 0.2) is 0 Å². The van der Waals surface area contributed by atoms with E-state index in [0.29, 0.717) is 0 Å². The highest BCUT2D eigenvalue weighted by Gasteiger charge is 2.23. The van der Waals surface area contributed by atoms with Crippen molar-refractivity contribution in [2.45, 2.75) is 12.1 Å². The predicted molar refractivity (Wildman–Crippen MR) is 88.4 cm³/mol. The standard InChI is InChI=1S/C16H12N2S2/c19-11-17-15(13-7-3-1-4-8-13)16(18-12-20)14-9-5-2-6-10-14/h1-10,15-16H. The highest BCUT2D eigenvalue weighted by atomic mass is 32.1. The summed E-state index contributed by atoms with van der Waals surface area (Å²) in [5.74, 6) is 0. The van der Waals surface area contributed by atoms with Crippen LogP contribution in [0, 0.1) is 0 Å². The molecule has 2 aromatic carbocycles. The molecule has 0 aliphatic carbocycles. The minimum absolute atomic E-state index is 0.244. The van der Waals surface area contributed by atoms with Gasteiger partial charge in [-0.15, -0.1) is 0 Å². The van der Waals surface area contributed by atoms with Crippen molar-refractivity contribution in [3.63, 3.8) is 0 Å². The van der Waals surface area contributed by atoms with Gasteiger partial charge >= 0.3 is 0 Å². The van der Waals surface area contributed by atoms with E-state index in [1.807, 2.05) is 60.7 Å². The lowest BCUT2D eigenvalue weighted by Gasteiger charge is -2.19. The lowest BCUT2D eigenvalue weighted by molar-refractivity contribution is 0.586. The average Bonchev–Trinajstić information content (AvgIpc) is 2.52. The molecule has 0 radical (unpaired) electrons. The molecule has 0 saturated heterocycles. The van der Waals surface area contributed by atoms with Crippen molar-refractivity contribution < 1.29 is 0 Å². The molecular weight excluding hydrogens is 284 g/mol. The molecule has 0 aliphatic heterocycles. The van der Waals surface area contributed by atoms with Crippen LogP contribution in [0.2, 0.25) is 0 Å². The van der Waals surface area contributed by atoms with E-state index in [2.05, 4.69) is 20.3 Å². The molecule has 20 heavy (non-hydrogen) atoms. The van der Waals surface area contributed by atoms with Gasteiger partial charge in [-0.1, -0.05) is 60.7 Å². The van der Waals surface area contributed by atoms with Gasteiger partial charge in [0.1, 0.15) is 12.1 Å². The normalized spacial score (nSPS) is 12.6. The number of thiocarbonyl (C=S) groups is 2. The van der Waals surface area contributed by atoms with Crippen molar-refractivity contribution in [2.24, 2.45) is 9.98 Å². The number of hydrogen-bond donors (Lipinski definition) is 0. The van der Waals surface area contributed by atoms with Gasteiger partial charge < -0.3 is 0 Å². The van der Waals surface area contributed by atoms with Crippen molar-refractivity contribution in [1.29, 1.82) is 0 Å². The molecule has 0 fully saturated rings. The maximum Gasteiger partial charge on any atom is 0.112 e. The highest BCUT2D eigenvalue weighted by Crippen LogP contribution is 2.34. The Hall–Kier alpha value is -1.96. The minimum atomic E-state index is -0.244. The zero-order valence-electron chi connectivity index (χ0n) is 10.6. The van der Waals surface area contributed by atoms with Crippen LogP contribution >= 0.6 is 24.4 Å². The summed E-state index contributed by atoms with van der Waals surface area (Å²) in [6.45, 7) is 0. The molecule has 0 bridgehead atoms. The summed E-state index contributed by atoms with van der Waals surface area (Å²) in [5.41, 5.74) is 2.04. The lowest BCUT2D eigenvalue weighted by Crippen LogP contribution is -2.07. The Bertz CT molecular complexity index is 583. The second-order valence-electron chi connectivity index (χ2n) is 4.15. The topological polar surface area (TPSA) is 24.7 Å². The number of aliphatic imine (C=N–C) groups is 2. The Labute approximate surface area is 128 Å². The van der Waals surface area contributed by atoms with Crippen LogP contribution in [-0.2, 0) is 0 Å². The number of rotatable bonds is 5. The molecule has 0 N–H and O–H groups in total. The fourth-order valence-corrected chi connectivity index (χ4v) is 2.30. The van der Waals surface area contributed by atoms with E-state index in [9.17, 15) is 0 Å². The molecule has 2 rings (SSSR count). The molecule has 0 spiro atoms. The second kappa shape index (κ2) is 7.59. The van der Waals surface area contributed by atoms with Gasteiger partial charge in [0.25, 0.3) is 0 Å². The fraction of sp³-hybridized carbons (Fsp3) is 0.125. The van der Waals surface area contributed by atoms with E-state index >= 15 is 0 Å². The van der Waals surface area contributed by atoms with Crippen molar-refractivity contribution in [3.8, 4) is 0 Å². The summed E-state index contributed by atoms with van der Waals surface area (Å²) in [6, 6.07) is 19.3. The summed E-state index contributed by atoms with van der Waals surface area (Å²) >= 11 is 9.55. The Balaban J connectivity index is 2.49. The minimum Gasteiger partial charge on any atom is -0.222 e. The third-order valence-electron chi connectivity index (χ3n) is 2.96. The van der Waals surface area contributed by atoms with E-state index in [0.717, 1.165) is 11.1 Å². The number of benzene rings is 2. The third-order valence-corrected chi connectivity index (χ3v) is 3.18. The van der Waals surface area contributed by atoms with E-state index in [1.165, 1.54) is 0 Å². The van der Waals surface area contributed by atoms with Gasteiger partial charge in [0.05, 0.1) is 10.3 Å². The summed E-state index contributed by atoms with van der Waals surface area (Å²) in [6.07, 6.45) is 0. The Morgan fingerprint density at radius 3 is 1.30 bits per heavy atom. The first-order valence-corrected chi connectivity index (χ1v) is 6.92. The smallest absolute Gasteiger partial charge is 0.112 e. The van der Waals surface area contributed by atoms with Crippen LogP contribution < -0.4 is 0 Å². The molecule has 98 valence electrons. The molecule has 2 aromatic rings. The summed E-state index contributed by atoms with van der Waals surface area (Å²) < 4.78 is 0. The van der Waals surface area contributed by atoms with Gasteiger partial charge in [-0.25, -0.2) is 9.98 Å².